The van der Waals surface area contributed by atoms with Gasteiger partial charge < -0.3 is 10.1 Å². The molecule has 1 N–H and O–H groups in total. The molecule has 1 atom stereocenters. The van der Waals surface area contributed by atoms with Crippen molar-refractivity contribution in [3.63, 3.8) is 0 Å². The van der Waals surface area contributed by atoms with Crippen LogP contribution in [0, 0.1) is 0 Å². The van der Waals surface area contributed by atoms with Crippen LogP contribution in [0.1, 0.15) is 61.8 Å². The number of amides is 1. The number of rotatable bonds is 7. The number of carbonyl (C=O) groups excluding carboxylic acids is 1. The van der Waals surface area contributed by atoms with E-state index in [0.717, 1.165) is 67.4 Å². The molecule has 1 saturated heterocycles. The van der Waals surface area contributed by atoms with E-state index in [0.29, 0.717) is 30.4 Å². The molecule has 2 aromatic heterocycles. The number of nitrogens with one attached hydrogen (secondary N) is 1. The van der Waals surface area contributed by atoms with Gasteiger partial charge in [-0.1, -0.05) is 12.1 Å². The van der Waals surface area contributed by atoms with Gasteiger partial charge in [0.1, 0.15) is 22.4 Å². The molecular formula is C26H32N4O3S. The lowest BCUT2D eigenvalue weighted by Crippen LogP contribution is -2.36. The van der Waals surface area contributed by atoms with E-state index in [4.69, 9.17) is 9.72 Å². The molecule has 1 fully saturated rings. The zero-order chi connectivity index (χ0) is 23.7. The molecule has 1 aliphatic carbocycles. The fourth-order valence-electron chi connectivity index (χ4n) is 5.12. The van der Waals surface area contributed by atoms with Crippen molar-refractivity contribution in [1.29, 1.82) is 0 Å². The Balaban J connectivity index is 1.55. The number of para-hydroxylation sites is 2. The van der Waals surface area contributed by atoms with Crippen LogP contribution >= 0.6 is 11.3 Å². The van der Waals surface area contributed by atoms with Crippen LogP contribution in [0.3, 0.4) is 0 Å². The number of benzene rings is 1. The van der Waals surface area contributed by atoms with Crippen molar-refractivity contribution in [2.75, 3.05) is 25.0 Å². The maximum absolute atomic E-state index is 13.9. The Kier molecular flexibility index (Phi) is 6.70. The van der Waals surface area contributed by atoms with E-state index in [1.54, 1.807) is 22.8 Å². The van der Waals surface area contributed by atoms with Gasteiger partial charge >= 0.3 is 0 Å². The summed E-state index contributed by atoms with van der Waals surface area (Å²) in [7, 11) is 0. The predicted molar refractivity (Wildman–Crippen MR) is 136 cm³/mol. The first-order valence-electron chi connectivity index (χ1n) is 12.4. The number of thiophene rings is 1. The molecular weight excluding hydrogens is 448 g/mol. The van der Waals surface area contributed by atoms with Crippen LogP contribution in [-0.2, 0) is 24.2 Å². The summed E-state index contributed by atoms with van der Waals surface area (Å²) < 4.78 is 7.31. The van der Waals surface area contributed by atoms with Gasteiger partial charge in [0, 0.05) is 4.88 Å². The SMILES string of the molecule is CCOc1ccccc1NC(=O)C(C)n1c(CN2CCCC2)nc2sc3c(c2c1=O)CCCC3. The van der Waals surface area contributed by atoms with E-state index in [-0.39, 0.29) is 11.5 Å². The molecule has 0 radical (unpaired) electrons. The van der Waals surface area contributed by atoms with Gasteiger partial charge in [-0.25, -0.2) is 4.98 Å². The Labute approximate surface area is 203 Å². The first-order chi connectivity index (χ1) is 16.6. The van der Waals surface area contributed by atoms with Gasteiger partial charge in [-0.2, -0.15) is 0 Å². The van der Waals surface area contributed by atoms with E-state index in [1.807, 2.05) is 31.2 Å². The monoisotopic (exact) mass is 480 g/mol. The minimum absolute atomic E-state index is 0.0839. The van der Waals surface area contributed by atoms with Crippen molar-refractivity contribution >= 4 is 33.1 Å². The summed E-state index contributed by atoms with van der Waals surface area (Å²) in [5, 5.41) is 3.70. The first kappa shape index (κ1) is 23.1. The van der Waals surface area contributed by atoms with E-state index in [2.05, 4.69) is 10.2 Å². The number of likely N-dealkylation sites (tertiary alicyclic amines) is 1. The number of nitrogens with zero attached hydrogens (tertiary/aromatic N) is 3. The van der Waals surface area contributed by atoms with Crippen molar-refractivity contribution in [1.82, 2.24) is 14.5 Å². The molecule has 180 valence electrons. The second-order valence-electron chi connectivity index (χ2n) is 9.17. The predicted octanol–water partition coefficient (Wildman–Crippen LogP) is 4.53. The molecule has 0 saturated carbocycles. The maximum Gasteiger partial charge on any atom is 0.263 e. The minimum atomic E-state index is -0.698. The van der Waals surface area contributed by atoms with E-state index in [1.165, 1.54) is 4.88 Å². The fourth-order valence-corrected chi connectivity index (χ4v) is 6.39. The molecule has 5 rings (SSSR count). The Hall–Kier alpha value is -2.71. The average molecular weight is 481 g/mol. The summed E-state index contributed by atoms with van der Waals surface area (Å²) in [4.78, 5) is 36.8. The Bertz CT molecular complexity index is 1260. The average Bonchev–Trinajstić information content (AvgIpc) is 3.47. The molecule has 34 heavy (non-hydrogen) atoms. The third-order valence-electron chi connectivity index (χ3n) is 6.87. The summed E-state index contributed by atoms with van der Waals surface area (Å²) in [6.07, 6.45) is 6.50. The molecule has 2 aliphatic rings. The second kappa shape index (κ2) is 9.88. The highest BCUT2D eigenvalue weighted by Gasteiger charge is 2.28. The van der Waals surface area contributed by atoms with Crippen LogP contribution < -0.4 is 15.6 Å². The van der Waals surface area contributed by atoms with Crippen molar-refractivity contribution in [3.8, 4) is 5.75 Å². The standard InChI is InChI=1S/C26H32N4O3S/c1-3-33-20-12-6-5-11-19(20)27-24(31)17(2)30-22(16-29-14-8-9-15-29)28-25-23(26(30)32)18-10-4-7-13-21(18)34-25/h5-6,11-12,17H,3-4,7-10,13-16H2,1-2H3,(H,27,31). The van der Waals surface area contributed by atoms with E-state index in [9.17, 15) is 9.59 Å². The lowest BCUT2D eigenvalue weighted by molar-refractivity contribution is -0.119. The number of anilines is 1. The molecule has 1 amide bonds. The number of hydrogen-bond acceptors (Lipinski definition) is 6. The van der Waals surface area contributed by atoms with Crippen LogP contribution in [0.5, 0.6) is 5.75 Å². The quantitative estimate of drug-likeness (QED) is 0.538. The first-order valence-corrected chi connectivity index (χ1v) is 13.2. The second-order valence-corrected chi connectivity index (χ2v) is 10.3. The molecule has 0 spiro atoms. The van der Waals surface area contributed by atoms with Crippen molar-refractivity contribution in [3.05, 3.63) is 50.9 Å². The number of fused-ring (bicyclic) bond motifs is 3. The maximum atomic E-state index is 13.9. The van der Waals surface area contributed by atoms with Crippen LogP contribution in [0.4, 0.5) is 5.69 Å². The molecule has 8 heteroatoms. The van der Waals surface area contributed by atoms with Gasteiger partial charge in [0.15, 0.2) is 0 Å². The van der Waals surface area contributed by atoms with Crippen LogP contribution in [0.2, 0.25) is 0 Å². The van der Waals surface area contributed by atoms with Gasteiger partial charge in [0.25, 0.3) is 5.56 Å². The summed E-state index contributed by atoms with van der Waals surface area (Å²) in [5.41, 5.74) is 1.68. The topological polar surface area (TPSA) is 76.5 Å². The summed E-state index contributed by atoms with van der Waals surface area (Å²) in [6.45, 7) is 6.79. The van der Waals surface area contributed by atoms with Gasteiger partial charge in [0.2, 0.25) is 5.91 Å². The molecule has 0 bridgehead atoms. The fraction of sp³-hybridized carbons (Fsp3) is 0.500. The molecule has 1 aliphatic heterocycles. The number of hydrogen-bond donors (Lipinski definition) is 1. The molecule has 3 aromatic rings. The van der Waals surface area contributed by atoms with E-state index < -0.39 is 6.04 Å². The highest BCUT2D eigenvalue weighted by molar-refractivity contribution is 7.18. The Morgan fingerprint density at radius 2 is 1.94 bits per heavy atom. The van der Waals surface area contributed by atoms with Gasteiger partial charge in [-0.3, -0.25) is 19.1 Å². The minimum Gasteiger partial charge on any atom is -0.492 e. The summed E-state index contributed by atoms with van der Waals surface area (Å²) >= 11 is 1.66. The summed E-state index contributed by atoms with van der Waals surface area (Å²) in [6, 6.07) is 6.69. The Morgan fingerprint density at radius 3 is 2.74 bits per heavy atom. The van der Waals surface area contributed by atoms with Crippen molar-refractivity contribution < 1.29 is 9.53 Å². The summed E-state index contributed by atoms with van der Waals surface area (Å²) in [5.74, 6) is 1.05. The third kappa shape index (κ3) is 4.36. The smallest absolute Gasteiger partial charge is 0.263 e. The lowest BCUT2D eigenvalue weighted by Gasteiger charge is -2.22. The zero-order valence-corrected chi connectivity index (χ0v) is 20.7. The number of aryl methyl sites for hydroxylation is 2. The highest BCUT2D eigenvalue weighted by atomic mass is 32.1. The van der Waals surface area contributed by atoms with Crippen molar-refractivity contribution in [2.24, 2.45) is 0 Å². The zero-order valence-electron chi connectivity index (χ0n) is 19.9. The molecule has 1 aromatic carbocycles. The molecule has 3 heterocycles. The van der Waals surface area contributed by atoms with E-state index >= 15 is 0 Å². The van der Waals surface area contributed by atoms with Gasteiger partial charge in [-0.05, 0) is 83.2 Å². The largest absolute Gasteiger partial charge is 0.492 e. The van der Waals surface area contributed by atoms with Crippen LogP contribution in [0.15, 0.2) is 29.1 Å². The van der Waals surface area contributed by atoms with Gasteiger partial charge in [0.05, 0.1) is 24.2 Å². The highest BCUT2D eigenvalue weighted by Crippen LogP contribution is 2.34. The molecule has 1 unspecified atom stereocenters. The normalized spacial score (nSPS) is 17.0. The molecule has 7 nitrogen and oxygen atoms in total. The third-order valence-corrected chi connectivity index (χ3v) is 8.05. The number of ether oxygens (including phenoxy) is 1. The number of carbonyl (C=O) groups is 1. The van der Waals surface area contributed by atoms with Crippen LogP contribution in [0.25, 0.3) is 10.2 Å². The Morgan fingerprint density at radius 1 is 1.18 bits per heavy atom. The van der Waals surface area contributed by atoms with Crippen molar-refractivity contribution in [2.45, 2.75) is 65.0 Å². The van der Waals surface area contributed by atoms with Crippen LogP contribution in [-0.4, -0.2) is 40.1 Å². The lowest BCUT2D eigenvalue weighted by atomic mass is 9.97. The number of aromatic nitrogens is 2. The van der Waals surface area contributed by atoms with Gasteiger partial charge in [-0.15, -0.1) is 11.3 Å².